The molecule has 1 unspecified atom stereocenters. The number of nitrogens with one attached hydrogen (secondary N) is 2. The van der Waals surface area contributed by atoms with Gasteiger partial charge in [-0.25, -0.2) is 9.38 Å². The summed E-state index contributed by atoms with van der Waals surface area (Å²) >= 11 is 0. The smallest absolute Gasteiger partial charge is 0.369 e. The Balaban J connectivity index is 1.56. The third-order valence-corrected chi connectivity index (χ3v) is 5.63. The summed E-state index contributed by atoms with van der Waals surface area (Å²) in [7, 11) is 2.03. The van der Waals surface area contributed by atoms with Crippen LogP contribution in [0.1, 0.15) is 12.8 Å². The van der Waals surface area contributed by atoms with Crippen molar-refractivity contribution in [2.24, 2.45) is 16.6 Å². The number of hydrogen-bond acceptors (Lipinski definition) is 6. The number of nitrogens with two attached hydrogens (primary N) is 1. The number of benzene rings is 1. The fourth-order valence-electron chi connectivity index (χ4n) is 3.79. The number of rotatable bonds is 3. The van der Waals surface area contributed by atoms with Crippen molar-refractivity contribution in [1.29, 1.82) is 0 Å². The SMILES string of the molecule is CN1CCN(c2cc(F)cc(NC3=NC=C(C(F)(F)F)C(N)(C4CC4)N3)c2)CC1. The maximum Gasteiger partial charge on any atom is 0.417 e. The number of likely N-dealkylation sites (N-methyl/N-ethyl adjacent to an activating group) is 1. The van der Waals surface area contributed by atoms with Gasteiger partial charge in [-0.15, -0.1) is 0 Å². The Labute approximate surface area is 166 Å². The van der Waals surface area contributed by atoms with Gasteiger partial charge in [0.2, 0.25) is 5.96 Å². The summed E-state index contributed by atoms with van der Waals surface area (Å²) in [6, 6.07) is 4.49. The maximum atomic E-state index is 14.2. The van der Waals surface area contributed by atoms with Crippen LogP contribution in [0.25, 0.3) is 0 Å². The Hall–Kier alpha value is -2.33. The average Bonchev–Trinajstić information content (AvgIpc) is 3.46. The molecular formula is C19H24F4N6. The molecule has 3 aliphatic rings. The highest BCUT2D eigenvalue weighted by Crippen LogP contribution is 2.46. The number of nitrogens with zero attached hydrogens (tertiary/aromatic N) is 3. The van der Waals surface area contributed by atoms with Gasteiger partial charge in [-0.1, -0.05) is 0 Å². The maximum absolute atomic E-state index is 14.2. The molecule has 1 saturated heterocycles. The second-order valence-corrected chi connectivity index (χ2v) is 7.90. The van der Waals surface area contributed by atoms with Crippen molar-refractivity contribution in [2.45, 2.75) is 24.7 Å². The summed E-state index contributed by atoms with van der Waals surface area (Å²) in [5, 5.41) is 5.60. The summed E-state index contributed by atoms with van der Waals surface area (Å²) in [5.74, 6) is -0.688. The molecule has 2 aliphatic heterocycles. The minimum atomic E-state index is -4.58. The molecule has 4 rings (SSSR count). The van der Waals surface area contributed by atoms with E-state index in [-0.39, 0.29) is 11.9 Å². The molecule has 1 aliphatic carbocycles. The first-order valence-electron chi connectivity index (χ1n) is 9.59. The minimum absolute atomic E-state index is 0.0716. The summed E-state index contributed by atoms with van der Waals surface area (Å²) in [6.45, 7) is 3.28. The van der Waals surface area contributed by atoms with Crippen molar-refractivity contribution in [3.05, 3.63) is 35.8 Å². The second-order valence-electron chi connectivity index (χ2n) is 7.90. The van der Waals surface area contributed by atoms with E-state index in [9.17, 15) is 17.6 Å². The lowest BCUT2D eigenvalue weighted by atomic mass is 9.94. The molecule has 0 aromatic heterocycles. The van der Waals surface area contributed by atoms with Crippen LogP contribution in [0, 0.1) is 11.7 Å². The lowest BCUT2D eigenvalue weighted by Gasteiger charge is -2.37. The van der Waals surface area contributed by atoms with Crippen molar-refractivity contribution in [1.82, 2.24) is 10.2 Å². The number of guanidine groups is 1. The molecule has 1 saturated carbocycles. The largest absolute Gasteiger partial charge is 0.417 e. The van der Waals surface area contributed by atoms with E-state index in [1.54, 1.807) is 6.07 Å². The molecule has 0 bridgehead atoms. The molecule has 6 nitrogen and oxygen atoms in total. The number of hydrogen-bond donors (Lipinski definition) is 3. The third-order valence-electron chi connectivity index (χ3n) is 5.63. The molecule has 1 aromatic rings. The van der Waals surface area contributed by atoms with Crippen LogP contribution < -0.4 is 21.3 Å². The van der Waals surface area contributed by atoms with Gasteiger partial charge in [-0.05, 0) is 44.0 Å². The van der Waals surface area contributed by atoms with E-state index >= 15 is 0 Å². The quantitative estimate of drug-likeness (QED) is 0.666. The van der Waals surface area contributed by atoms with Gasteiger partial charge < -0.3 is 26.2 Å². The van der Waals surface area contributed by atoms with Crippen molar-refractivity contribution in [3.63, 3.8) is 0 Å². The summed E-state index contributed by atoms with van der Waals surface area (Å²) in [6.07, 6.45) is -2.60. The molecule has 2 heterocycles. The zero-order valence-corrected chi connectivity index (χ0v) is 16.1. The topological polar surface area (TPSA) is 68.9 Å². The highest BCUT2D eigenvalue weighted by atomic mass is 19.4. The fourth-order valence-corrected chi connectivity index (χ4v) is 3.79. The summed E-state index contributed by atoms with van der Waals surface area (Å²) in [5.41, 5.74) is 4.60. The van der Waals surface area contributed by atoms with Crippen LogP contribution in [0.5, 0.6) is 0 Å². The molecular weight excluding hydrogens is 388 g/mol. The first-order chi connectivity index (χ1) is 13.6. The van der Waals surface area contributed by atoms with Crippen molar-refractivity contribution < 1.29 is 17.6 Å². The van der Waals surface area contributed by atoms with Gasteiger partial charge >= 0.3 is 6.18 Å². The normalized spacial score (nSPS) is 25.9. The van der Waals surface area contributed by atoms with Crippen molar-refractivity contribution in [2.75, 3.05) is 43.4 Å². The Morgan fingerprint density at radius 1 is 1.17 bits per heavy atom. The first kappa shape index (κ1) is 20.0. The highest BCUT2D eigenvalue weighted by Gasteiger charge is 2.55. The summed E-state index contributed by atoms with van der Waals surface area (Å²) < 4.78 is 54.3. The van der Waals surface area contributed by atoms with E-state index in [1.807, 2.05) is 7.05 Å². The van der Waals surface area contributed by atoms with Crippen LogP contribution in [-0.2, 0) is 0 Å². The van der Waals surface area contributed by atoms with E-state index in [0.29, 0.717) is 24.2 Å². The monoisotopic (exact) mass is 412 g/mol. The Bertz CT molecular complexity index is 840. The Morgan fingerprint density at radius 2 is 1.86 bits per heavy atom. The Morgan fingerprint density at radius 3 is 2.48 bits per heavy atom. The van der Waals surface area contributed by atoms with E-state index in [0.717, 1.165) is 32.4 Å². The van der Waals surface area contributed by atoms with E-state index in [2.05, 4.69) is 25.4 Å². The standard InChI is InChI=1S/C19H24F4N6/c1-28-4-6-29(7-5-28)15-9-13(20)8-14(10-15)26-17-25-11-16(19(21,22)23)18(24,27-17)12-2-3-12/h8-12H,2-7,24H2,1H3,(H2,25,26,27). The average molecular weight is 412 g/mol. The molecule has 1 atom stereocenters. The zero-order valence-electron chi connectivity index (χ0n) is 16.1. The number of halogens is 4. The van der Waals surface area contributed by atoms with Crippen LogP contribution in [0.15, 0.2) is 35.0 Å². The minimum Gasteiger partial charge on any atom is -0.369 e. The third kappa shape index (κ3) is 4.18. The number of aliphatic imine (C=N–C) groups is 1. The predicted octanol–water partition coefficient (Wildman–Crippen LogP) is 2.46. The molecule has 158 valence electrons. The molecule has 4 N–H and O–H groups in total. The van der Waals surface area contributed by atoms with Gasteiger partial charge in [0, 0.05) is 43.8 Å². The predicted molar refractivity (Wildman–Crippen MR) is 104 cm³/mol. The molecule has 0 radical (unpaired) electrons. The van der Waals surface area contributed by atoms with Gasteiger partial charge in [-0.3, -0.25) is 0 Å². The van der Waals surface area contributed by atoms with E-state index in [4.69, 9.17) is 5.73 Å². The van der Waals surface area contributed by atoms with Gasteiger partial charge in [0.05, 0.1) is 5.57 Å². The van der Waals surface area contributed by atoms with Crippen molar-refractivity contribution in [3.8, 4) is 0 Å². The fraction of sp³-hybridized carbons (Fsp3) is 0.526. The number of alkyl halides is 3. The van der Waals surface area contributed by atoms with Crippen LogP contribution in [0.4, 0.5) is 28.9 Å². The second kappa shape index (κ2) is 7.17. The van der Waals surface area contributed by atoms with Crippen LogP contribution >= 0.6 is 0 Å². The lowest BCUT2D eigenvalue weighted by molar-refractivity contribution is -0.103. The number of piperazine rings is 1. The van der Waals surface area contributed by atoms with Gasteiger partial charge in [0.25, 0.3) is 0 Å². The van der Waals surface area contributed by atoms with Gasteiger partial charge in [0.15, 0.2) is 0 Å². The molecule has 1 aromatic carbocycles. The van der Waals surface area contributed by atoms with Gasteiger partial charge in [-0.2, -0.15) is 13.2 Å². The molecule has 29 heavy (non-hydrogen) atoms. The van der Waals surface area contributed by atoms with Crippen LogP contribution in [-0.4, -0.2) is 55.9 Å². The molecule has 0 amide bonds. The van der Waals surface area contributed by atoms with Crippen molar-refractivity contribution >= 4 is 17.3 Å². The molecule has 2 fully saturated rings. The van der Waals surface area contributed by atoms with Crippen LogP contribution in [0.2, 0.25) is 0 Å². The zero-order chi connectivity index (χ0) is 20.8. The first-order valence-corrected chi connectivity index (χ1v) is 9.59. The lowest BCUT2D eigenvalue weighted by Crippen LogP contribution is -2.64. The number of anilines is 2. The van der Waals surface area contributed by atoms with Gasteiger partial charge in [0.1, 0.15) is 11.5 Å². The highest BCUT2D eigenvalue weighted by molar-refractivity contribution is 5.96. The van der Waals surface area contributed by atoms with Crippen LogP contribution in [0.3, 0.4) is 0 Å². The summed E-state index contributed by atoms with van der Waals surface area (Å²) in [4.78, 5) is 8.12. The molecule has 0 spiro atoms. The van der Waals surface area contributed by atoms with E-state index < -0.39 is 23.2 Å². The molecule has 10 heteroatoms. The van der Waals surface area contributed by atoms with E-state index in [1.165, 1.54) is 12.1 Å². The Kier molecular flexibility index (Phi) is 4.94.